The predicted molar refractivity (Wildman–Crippen MR) is 42.2 cm³/mol. The second-order valence-corrected chi connectivity index (χ2v) is 1.89. The van der Waals surface area contributed by atoms with Crippen molar-refractivity contribution in [2.45, 2.75) is 13.3 Å². The summed E-state index contributed by atoms with van der Waals surface area (Å²) < 4.78 is 0. The van der Waals surface area contributed by atoms with Crippen LogP contribution in [0.4, 0.5) is 0 Å². The van der Waals surface area contributed by atoms with Gasteiger partial charge in [0.25, 0.3) is 0 Å². The van der Waals surface area contributed by atoms with Gasteiger partial charge >= 0.3 is 0 Å². The largest absolute Gasteiger partial charge is 0.395 e. The van der Waals surface area contributed by atoms with E-state index < -0.39 is 0 Å². The molecule has 0 heterocycles. The Hall–Kier alpha value is -0.830. The summed E-state index contributed by atoms with van der Waals surface area (Å²) in [5.41, 5.74) is 0.588. The smallest absolute Gasteiger partial charge is 0.0603 e. The normalized spacial score (nSPS) is 10.2. The third-order valence-corrected chi connectivity index (χ3v) is 1.04. The van der Waals surface area contributed by atoms with E-state index >= 15 is 0 Å². The molecule has 0 fully saturated rings. The lowest BCUT2D eigenvalue weighted by Gasteiger charge is -1.94. The van der Waals surface area contributed by atoms with Crippen molar-refractivity contribution in [1.29, 1.82) is 5.41 Å². The SMILES string of the molecule is CCC(=N)/C=C\NCCO. The van der Waals surface area contributed by atoms with Gasteiger partial charge in [-0.2, -0.15) is 0 Å². The minimum absolute atomic E-state index is 0.129. The molecule has 0 radical (unpaired) electrons. The van der Waals surface area contributed by atoms with E-state index in [4.69, 9.17) is 10.5 Å². The van der Waals surface area contributed by atoms with Crippen molar-refractivity contribution in [3.63, 3.8) is 0 Å². The first-order chi connectivity index (χ1) is 4.81. The maximum atomic E-state index is 8.34. The molecule has 3 nitrogen and oxygen atoms in total. The number of allylic oxidation sites excluding steroid dienone is 1. The lowest BCUT2D eigenvalue weighted by molar-refractivity contribution is 0.298. The molecule has 0 unspecified atom stereocenters. The second-order valence-electron chi connectivity index (χ2n) is 1.89. The van der Waals surface area contributed by atoms with Crippen molar-refractivity contribution < 1.29 is 5.11 Å². The zero-order chi connectivity index (χ0) is 7.82. The second kappa shape index (κ2) is 6.29. The monoisotopic (exact) mass is 142 g/mol. The van der Waals surface area contributed by atoms with Gasteiger partial charge in [0.05, 0.1) is 6.61 Å². The summed E-state index contributed by atoms with van der Waals surface area (Å²) in [5, 5.41) is 18.4. The summed E-state index contributed by atoms with van der Waals surface area (Å²) in [7, 11) is 0. The average Bonchev–Trinajstić information content (AvgIpc) is 1.98. The first-order valence-corrected chi connectivity index (χ1v) is 3.39. The molecule has 0 aliphatic rings. The van der Waals surface area contributed by atoms with Crippen molar-refractivity contribution in [2.24, 2.45) is 0 Å². The highest BCUT2D eigenvalue weighted by Crippen LogP contribution is 1.81. The minimum atomic E-state index is 0.129. The molecular weight excluding hydrogens is 128 g/mol. The molecular formula is C7H14N2O. The number of nitrogens with one attached hydrogen (secondary N) is 2. The molecule has 58 valence electrons. The predicted octanol–water partition coefficient (Wildman–Crippen LogP) is 0.512. The van der Waals surface area contributed by atoms with Gasteiger partial charge in [-0.15, -0.1) is 0 Å². The minimum Gasteiger partial charge on any atom is -0.395 e. The fourth-order valence-electron chi connectivity index (χ4n) is 0.425. The highest BCUT2D eigenvalue weighted by atomic mass is 16.3. The van der Waals surface area contributed by atoms with Crippen LogP contribution in [0.5, 0.6) is 0 Å². The summed E-state index contributed by atoms with van der Waals surface area (Å²) in [4.78, 5) is 0. The quantitative estimate of drug-likeness (QED) is 0.387. The van der Waals surface area contributed by atoms with Crippen LogP contribution < -0.4 is 5.32 Å². The van der Waals surface area contributed by atoms with Crippen LogP contribution in [0.1, 0.15) is 13.3 Å². The highest BCUT2D eigenvalue weighted by molar-refractivity contribution is 5.91. The van der Waals surface area contributed by atoms with Gasteiger partial charge in [-0.25, -0.2) is 0 Å². The van der Waals surface area contributed by atoms with Crippen molar-refractivity contribution >= 4 is 5.71 Å². The summed E-state index contributed by atoms with van der Waals surface area (Å²) in [6.07, 6.45) is 4.12. The standard InChI is InChI=1S/C7H14N2O/c1-2-7(8)3-4-9-5-6-10/h3-4,8-10H,2,5-6H2,1H3/b4-3-,8-7?. The molecule has 0 aliphatic carbocycles. The van der Waals surface area contributed by atoms with Gasteiger partial charge in [-0.1, -0.05) is 6.92 Å². The van der Waals surface area contributed by atoms with Crippen LogP contribution in [-0.2, 0) is 0 Å². The Kier molecular flexibility index (Phi) is 5.77. The fraction of sp³-hybridized carbons (Fsp3) is 0.571. The Morgan fingerprint density at radius 3 is 2.90 bits per heavy atom. The zero-order valence-electron chi connectivity index (χ0n) is 6.22. The Morgan fingerprint density at radius 1 is 1.70 bits per heavy atom. The van der Waals surface area contributed by atoms with Gasteiger partial charge in [0.2, 0.25) is 0 Å². The maximum Gasteiger partial charge on any atom is 0.0603 e. The first-order valence-electron chi connectivity index (χ1n) is 3.39. The van der Waals surface area contributed by atoms with E-state index in [1.165, 1.54) is 0 Å². The Labute approximate surface area is 61.3 Å². The molecule has 0 aliphatic heterocycles. The van der Waals surface area contributed by atoms with Crippen LogP contribution in [0, 0.1) is 5.41 Å². The summed E-state index contributed by atoms with van der Waals surface area (Å²) in [5.74, 6) is 0. The van der Waals surface area contributed by atoms with Crippen LogP contribution in [0.3, 0.4) is 0 Å². The number of aliphatic hydroxyl groups is 1. The number of rotatable bonds is 5. The lowest BCUT2D eigenvalue weighted by atomic mass is 10.3. The van der Waals surface area contributed by atoms with E-state index in [0.717, 1.165) is 6.42 Å². The van der Waals surface area contributed by atoms with Crippen LogP contribution in [0.2, 0.25) is 0 Å². The molecule has 0 spiro atoms. The molecule has 10 heavy (non-hydrogen) atoms. The molecule has 0 bridgehead atoms. The lowest BCUT2D eigenvalue weighted by Crippen LogP contribution is -2.10. The zero-order valence-corrected chi connectivity index (χ0v) is 6.22. The van der Waals surface area contributed by atoms with Gasteiger partial charge in [0.15, 0.2) is 0 Å². The van der Waals surface area contributed by atoms with Gasteiger partial charge in [0, 0.05) is 12.3 Å². The molecule has 0 atom stereocenters. The van der Waals surface area contributed by atoms with Crippen LogP contribution in [0.15, 0.2) is 12.3 Å². The summed E-state index contributed by atoms with van der Waals surface area (Å²) in [6.45, 7) is 2.61. The third kappa shape index (κ3) is 5.31. The van der Waals surface area contributed by atoms with Crippen molar-refractivity contribution in [3.05, 3.63) is 12.3 Å². The number of hydrogen-bond acceptors (Lipinski definition) is 3. The molecule has 0 saturated heterocycles. The van der Waals surface area contributed by atoms with Gasteiger partial charge < -0.3 is 15.8 Å². The van der Waals surface area contributed by atoms with Crippen LogP contribution >= 0.6 is 0 Å². The molecule has 0 aromatic rings. The molecule has 0 saturated carbocycles. The van der Waals surface area contributed by atoms with Crippen molar-refractivity contribution in [3.8, 4) is 0 Å². The molecule has 0 rings (SSSR count). The van der Waals surface area contributed by atoms with Gasteiger partial charge in [-0.05, 0) is 18.7 Å². The van der Waals surface area contributed by atoms with Crippen molar-refractivity contribution in [1.82, 2.24) is 5.32 Å². The third-order valence-electron chi connectivity index (χ3n) is 1.04. The topological polar surface area (TPSA) is 56.1 Å². The van der Waals surface area contributed by atoms with Crippen LogP contribution in [-0.4, -0.2) is 24.0 Å². The molecule has 0 amide bonds. The Balaban J connectivity index is 3.27. The van der Waals surface area contributed by atoms with E-state index in [-0.39, 0.29) is 6.61 Å². The fourth-order valence-corrected chi connectivity index (χ4v) is 0.425. The number of hydrogen-bond donors (Lipinski definition) is 3. The summed E-state index contributed by atoms with van der Waals surface area (Å²) >= 11 is 0. The van der Waals surface area contributed by atoms with E-state index in [0.29, 0.717) is 12.3 Å². The highest BCUT2D eigenvalue weighted by Gasteiger charge is 1.81. The Morgan fingerprint density at radius 2 is 2.40 bits per heavy atom. The van der Waals surface area contributed by atoms with Crippen molar-refractivity contribution in [2.75, 3.05) is 13.2 Å². The molecule has 3 heteroatoms. The molecule has 0 aromatic carbocycles. The van der Waals surface area contributed by atoms with E-state index in [1.54, 1.807) is 12.3 Å². The van der Waals surface area contributed by atoms with E-state index in [2.05, 4.69) is 5.32 Å². The first kappa shape index (κ1) is 9.17. The Bertz CT molecular complexity index is 121. The summed E-state index contributed by atoms with van der Waals surface area (Å²) in [6, 6.07) is 0. The van der Waals surface area contributed by atoms with Gasteiger partial charge in [-0.3, -0.25) is 0 Å². The maximum absolute atomic E-state index is 8.34. The number of aliphatic hydroxyl groups excluding tert-OH is 1. The molecule has 0 aromatic heterocycles. The molecule has 3 N–H and O–H groups in total. The van der Waals surface area contributed by atoms with Gasteiger partial charge in [0.1, 0.15) is 0 Å². The van der Waals surface area contributed by atoms with E-state index in [1.807, 2.05) is 6.92 Å². The van der Waals surface area contributed by atoms with E-state index in [9.17, 15) is 0 Å². The van der Waals surface area contributed by atoms with Crippen LogP contribution in [0.25, 0.3) is 0 Å². The average molecular weight is 142 g/mol.